The van der Waals surface area contributed by atoms with E-state index in [4.69, 9.17) is 0 Å². The number of carbonyl (C=O) groups is 1. The third-order valence-corrected chi connectivity index (χ3v) is 2.80. The number of amides is 1. The smallest absolute Gasteiger partial charge is 0.257 e. The molecule has 102 valence electrons. The van der Waals surface area contributed by atoms with Gasteiger partial charge in [-0.15, -0.1) is 0 Å². The van der Waals surface area contributed by atoms with Gasteiger partial charge in [0.25, 0.3) is 5.91 Å². The van der Waals surface area contributed by atoms with Crippen molar-refractivity contribution in [3.05, 3.63) is 53.8 Å². The maximum atomic E-state index is 12.4. The van der Waals surface area contributed by atoms with E-state index in [-0.39, 0.29) is 11.8 Å². The van der Waals surface area contributed by atoms with E-state index < -0.39 is 0 Å². The Morgan fingerprint density at radius 1 is 1.21 bits per heavy atom. The summed E-state index contributed by atoms with van der Waals surface area (Å²) in [6.45, 7) is 9.85. The lowest BCUT2D eigenvalue weighted by Crippen LogP contribution is -2.23. The molecule has 0 aliphatic heterocycles. The van der Waals surface area contributed by atoms with Gasteiger partial charge in [0.05, 0.1) is 5.57 Å². The maximum Gasteiger partial charge on any atom is 0.257 e. The lowest BCUT2D eigenvalue weighted by atomic mass is 9.98. The predicted molar refractivity (Wildman–Crippen MR) is 80.8 cm³/mol. The van der Waals surface area contributed by atoms with Crippen LogP contribution in [0.4, 0.5) is 5.69 Å². The van der Waals surface area contributed by atoms with E-state index in [9.17, 15) is 4.79 Å². The molecule has 0 spiro atoms. The summed E-state index contributed by atoms with van der Waals surface area (Å²) in [7, 11) is 1.83. The molecule has 3 heteroatoms. The summed E-state index contributed by atoms with van der Waals surface area (Å²) in [6.07, 6.45) is 0. The van der Waals surface area contributed by atoms with Gasteiger partial charge < -0.3 is 10.6 Å². The average molecular weight is 258 g/mol. The Morgan fingerprint density at radius 2 is 1.79 bits per heavy atom. The van der Waals surface area contributed by atoms with Gasteiger partial charge in [-0.25, -0.2) is 0 Å². The van der Waals surface area contributed by atoms with Crippen molar-refractivity contribution in [2.24, 2.45) is 5.92 Å². The molecule has 0 saturated heterocycles. The van der Waals surface area contributed by atoms with Crippen LogP contribution in [-0.2, 0) is 4.79 Å². The van der Waals surface area contributed by atoms with E-state index in [1.54, 1.807) is 0 Å². The van der Waals surface area contributed by atoms with Gasteiger partial charge in [0.1, 0.15) is 0 Å². The minimum Gasteiger partial charge on any atom is -0.391 e. The van der Waals surface area contributed by atoms with Gasteiger partial charge in [0, 0.05) is 18.4 Å². The zero-order chi connectivity index (χ0) is 14.4. The maximum absolute atomic E-state index is 12.4. The van der Waals surface area contributed by atoms with E-state index in [0.717, 1.165) is 17.0 Å². The molecule has 0 aromatic heterocycles. The van der Waals surface area contributed by atoms with Gasteiger partial charge in [-0.2, -0.15) is 0 Å². The van der Waals surface area contributed by atoms with E-state index in [0.29, 0.717) is 5.57 Å². The molecule has 0 fully saturated rings. The number of allylic oxidation sites excluding steroid dienone is 1. The van der Waals surface area contributed by atoms with E-state index >= 15 is 0 Å². The summed E-state index contributed by atoms with van der Waals surface area (Å²) in [5.41, 5.74) is 3.07. The van der Waals surface area contributed by atoms with Crippen molar-refractivity contribution in [3.8, 4) is 0 Å². The first kappa shape index (κ1) is 15.0. The SMILES string of the molecule is C=C(C)/C(C(=O)Nc1ccccc1)=C(\NC)C(C)C. The molecular formula is C16H22N2O. The fourth-order valence-electron chi connectivity index (χ4n) is 1.96. The van der Waals surface area contributed by atoms with Crippen LogP contribution in [0.5, 0.6) is 0 Å². The molecule has 0 atom stereocenters. The van der Waals surface area contributed by atoms with Gasteiger partial charge in [0.2, 0.25) is 0 Å². The zero-order valence-electron chi connectivity index (χ0n) is 12.1. The molecule has 0 radical (unpaired) electrons. The van der Waals surface area contributed by atoms with Crippen molar-refractivity contribution < 1.29 is 4.79 Å². The normalized spacial score (nSPS) is 11.8. The summed E-state index contributed by atoms with van der Waals surface area (Å²) >= 11 is 0. The third-order valence-electron chi connectivity index (χ3n) is 2.80. The highest BCUT2D eigenvalue weighted by Gasteiger charge is 2.17. The van der Waals surface area contributed by atoms with Crippen LogP contribution in [0.3, 0.4) is 0 Å². The fraction of sp³-hybridized carbons (Fsp3) is 0.312. The highest BCUT2D eigenvalue weighted by molar-refractivity contribution is 6.07. The predicted octanol–water partition coefficient (Wildman–Crippen LogP) is 3.33. The molecule has 0 aliphatic rings. The zero-order valence-corrected chi connectivity index (χ0v) is 12.1. The molecule has 1 amide bonds. The Balaban J connectivity index is 3.07. The van der Waals surface area contributed by atoms with Crippen molar-refractivity contribution in [1.29, 1.82) is 0 Å². The Bertz CT molecular complexity index is 487. The molecule has 1 rings (SSSR count). The number of benzene rings is 1. The molecule has 0 aliphatic carbocycles. The number of hydrogen-bond donors (Lipinski definition) is 2. The number of para-hydroxylation sites is 1. The lowest BCUT2D eigenvalue weighted by Gasteiger charge is -2.18. The fourth-order valence-corrected chi connectivity index (χ4v) is 1.96. The van der Waals surface area contributed by atoms with Crippen LogP contribution in [0.2, 0.25) is 0 Å². The summed E-state index contributed by atoms with van der Waals surface area (Å²) in [4.78, 5) is 12.4. The summed E-state index contributed by atoms with van der Waals surface area (Å²) < 4.78 is 0. The Kier molecular flexibility index (Phi) is 5.37. The standard InChI is InChI=1S/C16H22N2O/c1-11(2)14(15(17-5)12(3)4)16(19)18-13-9-7-6-8-10-13/h6-10,12,17H,1H2,2-5H3,(H,18,19)/b15-14+. The number of anilines is 1. The van der Waals surface area contributed by atoms with Gasteiger partial charge in [-0.3, -0.25) is 4.79 Å². The molecule has 0 saturated carbocycles. The molecule has 19 heavy (non-hydrogen) atoms. The van der Waals surface area contributed by atoms with Crippen LogP contribution in [-0.4, -0.2) is 13.0 Å². The van der Waals surface area contributed by atoms with E-state index in [1.807, 2.05) is 58.2 Å². The average Bonchev–Trinajstić information content (AvgIpc) is 2.35. The minimum absolute atomic E-state index is 0.128. The number of hydrogen-bond acceptors (Lipinski definition) is 2. The van der Waals surface area contributed by atoms with Crippen LogP contribution in [0.1, 0.15) is 20.8 Å². The second-order valence-corrected chi connectivity index (χ2v) is 4.79. The molecule has 1 aromatic rings. The largest absolute Gasteiger partial charge is 0.391 e. The molecule has 0 heterocycles. The summed E-state index contributed by atoms with van der Waals surface area (Å²) in [6, 6.07) is 9.42. The third kappa shape index (κ3) is 3.98. The van der Waals surface area contributed by atoms with Gasteiger partial charge >= 0.3 is 0 Å². The quantitative estimate of drug-likeness (QED) is 0.628. The first-order valence-corrected chi connectivity index (χ1v) is 6.41. The van der Waals surface area contributed by atoms with Gasteiger partial charge in [0.15, 0.2) is 0 Å². The Labute approximate surface area is 115 Å². The summed E-state index contributed by atoms with van der Waals surface area (Å²) in [5.74, 6) is 0.106. The van der Waals surface area contributed by atoms with Crippen molar-refractivity contribution >= 4 is 11.6 Å². The topological polar surface area (TPSA) is 41.1 Å². The highest BCUT2D eigenvalue weighted by atomic mass is 16.1. The summed E-state index contributed by atoms with van der Waals surface area (Å²) in [5, 5.41) is 6.00. The minimum atomic E-state index is -0.128. The van der Waals surface area contributed by atoms with Crippen molar-refractivity contribution in [2.45, 2.75) is 20.8 Å². The second kappa shape index (κ2) is 6.78. The molecule has 2 N–H and O–H groups in total. The van der Waals surface area contributed by atoms with Crippen LogP contribution in [0, 0.1) is 5.92 Å². The molecule has 0 bridgehead atoms. The molecular weight excluding hydrogens is 236 g/mol. The molecule has 1 aromatic carbocycles. The number of rotatable bonds is 5. The van der Waals surface area contributed by atoms with Crippen molar-refractivity contribution in [3.63, 3.8) is 0 Å². The first-order chi connectivity index (χ1) is 8.97. The van der Waals surface area contributed by atoms with Crippen LogP contribution >= 0.6 is 0 Å². The van der Waals surface area contributed by atoms with Crippen LogP contribution < -0.4 is 10.6 Å². The van der Waals surface area contributed by atoms with Crippen molar-refractivity contribution in [2.75, 3.05) is 12.4 Å². The van der Waals surface area contributed by atoms with Crippen molar-refractivity contribution in [1.82, 2.24) is 5.32 Å². The van der Waals surface area contributed by atoms with Gasteiger partial charge in [-0.05, 0) is 30.5 Å². The number of nitrogens with one attached hydrogen (secondary N) is 2. The van der Waals surface area contributed by atoms with Crippen LogP contribution in [0.25, 0.3) is 0 Å². The van der Waals surface area contributed by atoms with E-state index in [2.05, 4.69) is 17.2 Å². The Hall–Kier alpha value is -2.03. The Morgan fingerprint density at radius 3 is 2.21 bits per heavy atom. The monoisotopic (exact) mass is 258 g/mol. The second-order valence-electron chi connectivity index (χ2n) is 4.79. The molecule has 0 unspecified atom stereocenters. The molecule has 3 nitrogen and oxygen atoms in total. The van der Waals surface area contributed by atoms with E-state index in [1.165, 1.54) is 0 Å². The van der Waals surface area contributed by atoms with Gasteiger partial charge in [-0.1, -0.05) is 38.6 Å². The first-order valence-electron chi connectivity index (χ1n) is 6.41. The lowest BCUT2D eigenvalue weighted by molar-refractivity contribution is -0.112. The van der Waals surface area contributed by atoms with Crippen LogP contribution in [0.15, 0.2) is 53.8 Å². The number of carbonyl (C=O) groups excluding carboxylic acids is 1. The highest BCUT2D eigenvalue weighted by Crippen LogP contribution is 2.19.